The fourth-order valence-electron chi connectivity index (χ4n) is 3.57. The molecule has 3 aliphatic rings. The Morgan fingerprint density at radius 2 is 2.15 bits per heavy atom. The Balaban J connectivity index is 1.96. The lowest BCUT2D eigenvalue weighted by atomic mass is 9.78. The van der Waals surface area contributed by atoms with Crippen molar-refractivity contribution in [3.63, 3.8) is 0 Å². The zero-order chi connectivity index (χ0) is 9.05. The van der Waals surface area contributed by atoms with E-state index in [0.717, 1.165) is 12.8 Å². The van der Waals surface area contributed by atoms with E-state index in [9.17, 15) is 4.79 Å². The van der Waals surface area contributed by atoms with Crippen molar-refractivity contribution < 1.29 is 4.79 Å². The van der Waals surface area contributed by atoms with Crippen molar-refractivity contribution in [3.05, 3.63) is 0 Å². The standard InChI is InChI=1S/C11H13NO/c12-6-11-5-9(11)7-3-1-2-4-8(7)10(11)13/h7-9H,1-5H2/t7-,8-,9-,11+/m0/s1. The van der Waals surface area contributed by atoms with Crippen molar-refractivity contribution in [2.45, 2.75) is 32.1 Å². The number of carbonyl (C=O) groups is 1. The van der Waals surface area contributed by atoms with Crippen molar-refractivity contribution >= 4 is 5.78 Å². The monoisotopic (exact) mass is 175 g/mol. The third-order valence-electron chi connectivity index (χ3n) is 4.33. The number of Topliss-reactive ketones (excluding diaryl/α,β-unsaturated/α-hetero) is 1. The first-order chi connectivity index (χ1) is 6.29. The van der Waals surface area contributed by atoms with E-state index in [-0.39, 0.29) is 5.92 Å². The van der Waals surface area contributed by atoms with Crippen molar-refractivity contribution in [1.82, 2.24) is 0 Å². The molecule has 0 heterocycles. The third-order valence-corrected chi connectivity index (χ3v) is 4.33. The van der Waals surface area contributed by atoms with Crippen LogP contribution in [0, 0.1) is 34.5 Å². The van der Waals surface area contributed by atoms with E-state index in [0.29, 0.717) is 17.6 Å². The van der Waals surface area contributed by atoms with E-state index >= 15 is 0 Å². The average Bonchev–Trinajstić information content (AvgIpc) is 2.88. The summed E-state index contributed by atoms with van der Waals surface area (Å²) in [6.07, 6.45) is 5.60. The molecule has 3 saturated carbocycles. The maximum absolute atomic E-state index is 11.9. The van der Waals surface area contributed by atoms with Gasteiger partial charge in [-0.15, -0.1) is 0 Å². The molecular weight excluding hydrogens is 162 g/mol. The molecule has 0 aromatic rings. The fraction of sp³-hybridized carbons (Fsp3) is 0.818. The van der Waals surface area contributed by atoms with E-state index in [1.165, 1.54) is 19.3 Å². The van der Waals surface area contributed by atoms with Gasteiger partial charge in [0.1, 0.15) is 5.41 Å². The molecule has 0 unspecified atom stereocenters. The molecule has 0 N–H and O–H groups in total. The Kier molecular flexibility index (Phi) is 1.25. The van der Waals surface area contributed by atoms with E-state index in [2.05, 4.69) is 6.07 Å². The molecule has 0 radical (unpaired) electrons. The van der Waals surface area contributed by atoms with Gasteiger partial charge in [-0.2, -0.15) is 5.26 Å². The van der Waals surface area contributed by atoms with Crippen LogP contribution < -0.4 is 0 Å². The van der Waals surface area contributed by atoms with Crippen LogP contribution in [0.1, 0.15) is 32.1 Å². The van der Waals surface area contributed by atoms with E-state index in [1.807, 2.05) is 0 Å². The molecule has 3 fully saturated rings. The molecule has 0 aliphatic heterocycles. The summed E-state index contributed by atoms with van der Waals surface area (Å²) in [5.74, 6) is 1.60. The largest absolute Gasteiger partial charge is 0.298 e. The number of rotatable bonds is 0. The number of hydrogen-bond donors (Lipinski definition) is 0. The molecule has 0 aromatic heterocycles. The molecule has 2 heteroatoms. The van der Waals surface area contributed by atoms with Crippen molar-refractivity contribution in [2.75, 3.05) is 0 Å². The molecule has 0 amide bonds. The van der Waals surface area contributed by atoms with Crippen LogP contribution in [-0.4, -0.2) is 5.78 Å². The van der Waals surface area contributed by atoms with Crippen LogP contribution in [0.4, 0.5) is 0 Å². The molecule has 2 nitrogen and oxygen atoms in total. The normalized spacial score (nSPS) is 52.2. The first-order valence-electron chi connectivity index (χ1n) is 5.25. The first-order valence-corrected chi connectivity index (χ1v) is 5.25. The van der Waals surface area contributed by atoms with Gasteiger partial charge < -0.3 is 0 Å². The quantitative estimate of drug-likeness (QED) is 0.564. The summed E-state index contributed by atoms with van der Waals surface area (Å²) in [6.45, 7) is 0. The summed E-state index contributed by atoms with van der Waals surface area (Å²) in [7, 11) is 0. The highest BCUT2D eigenvalue weighted by Crippen LogP contribution is 2.68. The van der Waals surface area contributed by atoms with Gasteiger partial charge in [-0.25, -0.2) is 0 Å². The zero-order valence-corrected chi connectivity index (χ0v) is 7.62. The summed E-state index contributed by atoms with van der Waals surface area (Å²) in [5, 5.41) is 9.01. The lowest BCUT2D eigenvalue weighted by Crippen LogP contribution is -2.25. The summed E-state index contributed by atoms with van der Waals surface area (Å²) in [4.78, 5) is 11.9. The van der Waals surface area contributed by atoms with E-state index in [4.69, 9.17) is 5.26 Å². The molecule has 4 atom stereocenters. The van der Waals surface area contributed by atoms with Gasteiger partial charge >= 0.3 is 0 Å². The van der Waals surface area contributed by atoms with Crippen molar-refractivity contribution in [2.24, 2.45) is 23.2 Å². The highest BCUT2D eigenvalue weighted by Gasteiger charge is 2.71. The maximum atomic E-state index is 11.9. The Hall–Kier alpha value is -0.840. The van der Waals surface area contributed by atoms with Gasteiger partial charge in [0, 0.05) is 5.92 Å². The number of carbonyl (C=O) groups excluding carboxylic acids is 1. The smallest absolute Gasteiger partial charge is 0.156 e. The molecule has 68 valence electrons. The van der Waals surface area contributed by atoms with Crippen LogP contribution >= 0.6 is 0 Å². The Morgan fingerprint density at radius 3 is 2.85 bits per heavy atom. The number of fused-ring (bicyclic) bond motifs is 3. The van der Waals surface area contributed by atoms with Crippen LogP contribution in [0.5, 0.6) is 0 Å². The molecule has 3 rings (SSSR count). The van der Waals surface area contributed by atoms with E-state index in [1.54, 1.807) is 0 Å². The topological polar surface area (TPSA) is 40.9 Å². The van der Waals surface area contributed by atoms with Gasteiger partial charge in [-0.3, -0.25) is 4.79 Å². The number of nitriles is 1. The van der Waals surface area contributed by atoms with Crippen molar-refractivity contribution in [1.29, 1.82) is 5.26 Å². The van der Waals surface area contributed by atoms with Gasteiger partial charge in [0.15, 0.2) is 5.78 Å². The predicted molar refractivity (Wildman–Crippen MR) is 46.6 cm³/mol. The molecule has 0 saturated heterocycles. The zero-order valence-electron chi connectivity index (χ0n) is 7.62. The molecule has 13 heavy (non-hydrogen) atoms. The molecule has 0 spiro atoms. The van der Waals surface area contributed by atoms with Crippen LogP contribution in [0.2, 0.25) is 0 Å². The first kappa shape index (κ1) is 7.55. The van der Waals surface area contributed by atoms with Gasteiger partial charge in [0.25, 0.3) is 0 Å². The SMILES string of the molecule is N#C[C@]12C[C@H]1[C@H]1CCCC[C@@H]1C2=O. The minimum absolute atomic E-state index is 0.271. The molecule has 3 aliphatic carbocycles. The van der Waals surface area contributed by atoms with E-state index < -0.39 is 5.41 Å². The summed E-state index contributed by atoms with van der Waals surface area (Å²) >= 11 is 0. The Bertz CT molecular complexity index is 317. The minimum atomic E-state index is -0.486. The lowest BCUT2D eigenvalue weighted by Gasteiger charge is -2.25. The third kappa shape index (κ3) is 0.716. The van der Waals surface area contributed by atoms with Crippen LogP contribution in [0.15, 0.2) is 0 Å². The number of nitrogens with zero attached hydrogens (tertiary/aromatic N) is 1. The van der Waals surface area contributed by atoms with Gasteiger partial charge in [0.05, 0.1) is 6.07 Å². The number of ketones is 1. The summed E-state index contributed by atoms with van der Waals surface area (Å²) < 4.78 is 0. The molecule has 0 aromatic carbocycles. The summed E-state index contributed by atoms with van der Waals surface area (Å²) in [5.41, 5.74) is -0.486. The van der Waals surface area contributed by atoms with Gasteiger partial charge in [0.2, 0.25) is 0 Å². The molecular formula is C11H13NO. The molecule has 0 bridgehead atoms. The number of hydrogen-bond acceptors (Lipinski definition) is 2. The minimum Gasteiger partial charge on any atom is -0.298 e. The van der Waals surface area contributed by atoms with Crippen LogP contribution in [-0.2, 0) is 4.79 Å². The van der Waals surface area contributed by atoms with Crippen molar-refractivity contribution in [3.8, 4) is 6.07 Å². The van der Waals surface area contributed by atoms with Crippen LogP contribution in [0.25, 0.3) is 0 Å². The van der Waals surface area contributed by atoms with Gasteiger partial charge in [-0.1, -0.05) is 12.8 Å². The predicted octanol–water partition coefficient (Wildman–Crippen LogP) is 1.91. The second kappa shape index (κ2) is 2.15. The lowest BCUT2D eigenvalue weighted by molar-refractivity contribution is -0.125. The van der Waals surface area contributed by atoms with Crippen LogP contribution in [0.3, 0.4) is 0 Å². The average molecular weight is 175 g/mol. The second-order valence-corrected chi connectivity index (χ2v) is 4.81. The summed E-state index contributed by atoms with van der Waals surface area (Å²) in [6, 6.07) is 2.27. The highest BCUT2D eigenvalue weighted by atomic mass is 16.1. The fourth-order valence-corrected chi connectivity index (χ4v) is 3.57. The Labute approximate surface area is 77.9 Å². The highest BCUT2D eigenvalue weighted by molar-refractivity contribution is 5.96. The Morgan fingerprint density at radius 1 is 1.38 bits per heavy atom. The van der Waals surface area contributed by atoms with Gasteiger partial charge in [-0.05, 0) is 31.1 Å². The second-order valence-electron chi connectivity index (χ2n) is 4.81. The maximum Gasteiger partial charge on any atom is 0.156 e.